The summed E-state index contributed by atoms with van der Waals surface area (Å²) in [4.78, 5) is 7.68. The van der Waals surface area contributed by atoms with Crippen molar-refractivity contribution in [3.05, 3.63) is 297 Å². The van der Waals surface area contributed by atoms with Gasteiger partial charge in [0.1, 0.15) is 0 Å². The van der Waals surface area contributed by atoms with E-state index in [9.17, 15) is 0 Å². The maximum atomic E-state index is 2.65. The van der Waals surface area contributed by atoms with Crippen molar-refractivity contribution in [2.75, 3.05) is 14.7 Å². The van der Waals surface area contributed by atoms with E-state index in [1.165, 1.54) is 176 Å². The Labute approximate surface area is 515 Å². The molecule has 17 aromatic rings. The Balaban J connectivity index is 0.808. The third-order valence-electron chi connectivity index (χ3n) is 20.6. The van der Waals surface area contributed by atoms with Gasteiger partial charge >= 0.3 is 0 Å². The normalized spacial score (nSPS) is 13.3. The predicted molar refractivity (Wildman–Crippen MR) is 381 cm³/mol. The number of hydrogen-bond donors (Lipinski definition) is 0. The van der Waals surface area contributed by atoms with Crippen molar-refractivity contribution < 1.29 is 0 Å². The van der Waals surface area contributed by atoms with Gasteiger partial charge in [0.05, 0.1) is 11.4 Å². The van der Waals surface area contributed by atoms with Crippen LogP contribution in [-0.4, -0.2) is 13.4 Å². The highest BCUT2D eigenvalue weighted by molar-refractivity contribution is 7.02. The number of hydrogen-bond acceptors (Lipinski definition) is 3. The van der Waals surface area contributed by atoms with Crippen molar-refractivity contribution in [2.45, 2.75) is 0 Å². The quantitative estimate of drug-likeness (QED) is 0.121. The molecule has 21 rings (SSSR count). The van der Waals surface area contributed by atoms with Crippen molar-refractivity contribution in [3.8, 4) is 33.4 Å². The first-order valence-electron chi connectivity index (χ1n) is 31.2. The molecule has 4 aliphatic rings. The van der Waals surface area contributed by atoms with Crippen LogP contribution in [0.4, 0.5) is 51.2 Å². The molecule has 4 aliphatic heterocycles. The lowest BCUT2D eigenvalue weighted by molar-refractivity contribution is 1.26. The first-order chi connectivity index (χ1) is 44.2. The SMILES string of the molecule is c1ccc(N(c2ccccc2)c2cc3c4c(c2)N(c2ccc5ccc6cccc7ccc2c5c67)c2cc(-c5ccc6cc7c8c(c6c5)-c5ccccc5B8c5ccccc5N7c5ccc6ccc7cccc8ccc5c6c78)ccc2B4c2ccccc2-3)cc1. The lowest BCUT2D eigenvalue weighted by Gasteiger charge is -2.38. The molecule has 5 heteroatoms. The molecule has 0 N–H and O–H groups in total. The number of nitrogens with zero attached hydrogens (tertiary/aromatic N) is 3. The summed E-state index contributed by atoms with van der Waals surface area (Å²) in [7, 11) is 0. The van der Waals surface area contributed by atoms with Crippen molar-refractivity contribution in [1.29, 1.82) is 0 Å². The lowest BCUT2D eigenvalue weighted by Crippen LogP contribution is -2.54. The Morgan fingerprint density at radius 2 is 0.708 bits per heavy atom. The molecule has 0 spiro atoms. The number of anilines is 9. The lowest BCUT2D eigenvalue weighted by atomic mass is 9.37. The molecular weight excluding hydrogens is 1070 g/mol. The molecule has 0 bridgehead atoms. The summed E-state index contributed by atoms with van der Waals surface area (Å²) in [5.41, 5.74) is 26.3. The molecule has 0 saturated heterocycles. The fourth-order valence-electron chi connectivity index (χ4n) is 17.0. The summed E-state index contributed by atoms with van der Waals surface area (Å²) in [6.07, 6.45) is 0. The van der Waals surface area contributed by atoms with Gasteiger partial charge in [0, 0.05) is 50.6 Å². The van der Waals surface area contributed by atoms with E-state index in [1.54, 1.807) is 0 Å². The zero-order chi connectivity index (χ0) is 57.7. The summed E-state index contributed by atoms with van der Waals surface area (Å²) in [6.45, 7) is 0.117. The van der Waals surface area contributed by atoms with Crippen LogP contribution < -0.4 is 47.5 Å². The largest absolute Gasteiger partial charge is 0.311 e. The Kier molecular flexibility index (Phi) is 9.47. The smallest absolute Gasteiger partial charge is 0.248 e. The zero-order valence-electron chi connectivity index (χ0n) is 48.3. The van der Waals surface area contributed by atoms with Gasteiger partial charge in [-0.15, -0.1) is 0 Å². The molecule has 3 nitrogen and oxygen atoms in total. The van der Waals surface area contributed by atoms with Crippen LogP contribution in [0.1, 0.15) is 0 Å². The zero-order valence-corrected chi connectivity index (χ0v) is 48.3. The van der Waals surface area contributed by atoms with Crippen molar-refractivity contribution in [3.63, 3.8) is 0 Å². The van der Waals surface area contributed by atoms with E-state index >= 15 is 0 Å². The van der Waals surface area contributed by atoms with Crippen molar-refractivity contribution in [1.82, 2.24) is 0 Å². The standard InChI is InChI=1S/C84H49B2N3/c1-3-19-59(20-4-1)87(60-21-5-2-6-22-60)61-48-67-62-23-7-9-25-68(62)85-71-42-37-57(46-75(71)89(77(49-61)83(67)85)73-44-39-55-32-30-51-16-14-18-53-36-41-65(73)81(55)79(51)53)56-33-34-58-47-76-84-82(66(58)45-56)63-24-8-10-26-69(63)86(84)70-27-11-12-28-74(70)88(76)72-43-38-54-31-29-50-15-13-17-52-35-40-64(72)80(54)78(50)52/h1-49H. The van der Waals surface area contributed by atoms with Gasteiger partial charge in [-0.2, -0.15) is 0 Å². The molecule has 0 aliphatic carbocycles. The Bertz CT molecular complexity index is 5850. The highest BCUT2D eigenvalue weighted by Gasteiger charge is 2.46. The fraction of sp³-hybridized carbons (Fsp3) is 0. The highest BCUT2D eigenvalue weighted by Crippen LogP contribution is 2.52. The van der Waals surface area contributed by atoms with Crippen LogP contribution in [0.3, 0.4) is 0 Å². The molecule has 0 saturated carbocycles. The van der Waals surface area contributed by atoms with Gasteiger partial charge in [0.25, 0.3) is 0 Å². The van der Waals surface area contributed by atoms with E-state index < -0.39 is 0 Å². The number of fused-ring (bicyclic) bond motifs is 12. The highest BCUT2D eigenvalue weighted by atomic mass is 15.2. The second kappa shape index (κ2) is 17.6. The monoisotopic (exact) mass is 1120 g/mol. The molecule has 4 heterocycles. The second-order valence-electron chi connectivity index (χ2n) is 25.0. The van der Waals surface area contributed by atoms with E-state index in [1.807, 2.05) is 0 Å². The minimum absolute atomic E-state index is 0.0312. The van der Waals surface area contributed by atoms with Crippen molar-refractivity contribution >= 4 is 173 Å². The van der Waals surface area contributed by atoms with E-state index in [0.29, 0.717) is 0 Å². The molecule has 0 atom stereocenters. The van der Waals surface area contributed by atoms with Crippen LogP contribution in [0.5, 0.6) is 0 Å². The molecule has 0 radical (unpaired) electrons. The summed E-state index contributed by atoms with van der Waals surface area (Å²) >= 11 is 0. The van der Waals surface area contributed by atoms with Gasteiger partial charge in [-0.25, -0.2) is 0 Å². The van der Waals surface area contributed by atoms with E-state index in [4.69, 9.17) is 0 Å². The average molecular weight is 1120 g/mol. The Morgan fingerprint density at radius 1 is 0.236 bits per heavy atom. The molecule has 0 aromatic heterocycles. The maximum Gasteiger partial charge on any atom is 0.248 e. The average Bonchev–Trinajstić information content (AvgIpc) is 1.64. The van der Waals surface area contributed by atoms with E-state index in [-0.39, 0.29) is 13.4 Å². The van der Waals surface area contributed by atoms with E-state index in [2.05, 4.69) is 312 Å². The molecule has 0 amide bonds. The topological polar surface area (TPSA) is 9.72 Å². The first-order valence-corrected chi connectivity index (χ1v) is 31.2. The third kappa shape index (κ3) is 6.43. The Hall–Kier alpha value is -11.4. The summed E-state index contributed by atoms with van der Waals surface area (Å²) < 4.78 is 0. The number of para-hydroxylation sites is 3. The molecule has 17 aromatic carbocycles. The molecule has 89 heavy (non-hydrogen) atoms. The van der Waals surface area contributed by atoms with Crippen LogP contribution in [0, 0.1) is 0 Å². The van der Waals surface area contributed by atoms with Gasteiger partial charge in [-0.05, 0) is 193 Å². The predicted octanol–water partition coefficient (Wildman–Crippen LogP) is 18.3. The second-order valence-corrected chi connectivity index (χ2v) is 25.0. The number of rotatable bonds is 6. The van der Waals surface area contributed by atoms with Gasteiger partial charge in [-0.1, -0.05) is 235 Å². The maximum absolute atomic E-state index is 2.65. The number of benzene rings is 17. The van der Waals surface area contributed by atoms with Gasteiger partial charge in [-0.3, -0.25) is 0 Å². The first kappa shape index (κ1) is 47.8. The summed E-state index contributed by atoms with van der Waals surface area (Å²) in [5.74, 6) is 0. The minimum atomic E-state index is 0.0312. The van der Waals surface area contributed by atoms with Crippen LogP contribution in [0.15, 0.2) is 297 Å². The fourth-order valence-corrected chi connectivity index (χ4v) is 17.0. The summed E-state index contributed by atoms with van der Waals surface area (Å²) in [6, 6.07) is 113. The van der Waals surface area contributed by atoms with Gasteiger partial charge in [0.15, 0.2) is 0 Å². The molecule has 0 unspecified atom stereocenters. The van der Waals surface area contributed by atoms with Crippen LogP contribution in [0.25, 0.3) is 109 Å². The van der Waals surface area contributed by atoms with Crippen molar-refractivity contribution in [2.24, 2.45) is 0 Å². The molecular formula is C84H49B2N3. The van der Waals surface area contributed by atoms with E-state index in [0.717, 1.165) is 17.1 Å². The minimum Gasteiger partial charge on any atom is -0.311 e. The molecule has 0 fully saturated rings. The van der Waals surface area contributed by atoms with Crippen LogP contribution in [-0.2, 0) is 0 Å². The van der Waals surface area contributed by atoms with Crippen LogP contribution >= 0.6 is 0 Å². The molecule has 406 valence electrons. The van der Waals surface area contributed by atoms with Gasteiger partial charge < -0.3 is 14.7 Å². The third-order valence-corrected chi connectivity index (χ3v) is 20.6. The Morgan fingerprint density at radius 3 is 1.36 bits per heavy atom. The van der Waals surface area contributed by atoms with Gasteiger partial charge in [0.2, 0.25) is 13.4 Å². The van der Waals surface area contributed by atoms with Crippen LogP contribution in [0.2, 0.25) is 0 Å². The summed E-state index contributed by atoms with van der Waals surface area (Å²) in [5, 5.41) is 17.9.